The maximum Gasteiger partial charge on any atom is 0.269 e. The zero-order valence-electron chi connectivity index (χ0n) is 13.4. The third-order valence-corrected chi connectivity index (χ3v) is 4.33. The lowest BCUT2D eigenvalue weighted by Crippen LogP contribution is -2.41. The molecule has 8 nitrogen and oxygen atoms in total. The number of nitrogens with zero attached hydrogens (tertiary/aromatic N) is 3. The van der Waals surface area contributed by atoms with Crippen LogP contribution in [-0.2, 0) is 7.05 Å². The summed E-state index contributed by atoms with van der Waals surface area (Å²) in [6.45, 7) is 0.548. The van der Waals surface area contributed by atoms with Crippen LogP contribution in [0.4, 0.5) is 0 Å². The van der Waals surface area contributed by atoms with Gasteiger partial charge in [-0.2, -0.15) is 5.10 Å². The Morgan fingerprint density at radius 1 is 1.38 bits per heavy atom. The van der Waals surface area contributed by atoms with E-state index in [2.05, 4.69) is 10.2 Å². The predicted molar refractivity (Wildman–Crippen MR) is 86.4 cm³/mol. The van der Waals surface area contributed by atoms with E-state index in [1.54, 1.807) is 30.3 Å². The molecule has 2 aromatic rings. The molecule has 0 unspecified atom stereocenters. The number of aromatic nitrogens is 3. The molecular formula is C16H19N5O3. The number of carbonyl (C=O) groups excluding carboxylic acids is 2. The molecule has 2 aromatic heterocycles. The molecule has 1 fully saturated rings. The van der Waals surface area contributed by atoms with Gasteiger partial charge >= 0.3 is 0 Å². The van der Waals surface area contributed by atoms with Crippen molar-refractivity contribution in [1.29, 1.82) is 0 Å². The highest BCUT2D eigenvalue weighted by atomic mass is 16.2. The molecular weight excluding hydrogens is 310 g/mol. The lowest BCUT2D eigenvalue weighted by Gasteiger charge is -2.35. The van der Waals surface area contributed by atoms with Gasteiger partial charge in [-0.1, -0.05) is 0 Å². The van der Waals surface area contributed by atoms with Gasteiger partial charge in [-0.15, -0.1) is 0 Å². The van der Waals surface area contributed by atoms with Crippen LogP contribution in [0, 0.1) is 0 Å². The van der Waals surface area contributed by atoms with Gasteiger partial charge in [0.25, 0.3) is 17.4 Å². The smallest absolute Gasteiger partial charge is 0.269 e. The van der Waals surface area contributed by atoms with Crippen LogP contribution in [0.3, 0.4) is 0 Å². The largest absolute Gasteiger partial charge is 0.364 e. The Hall–Kier alpha value is -2.90. The highest BCUT2D eigenvalue weighted by Crippen LogP contribution is 2.31. The van der Waals surface area contributed by atoms with Gasteiger partial charge in [-0.05, 0) is 37.5 Å². The SMILES string of the molecule is Cn1cccc(C(=O)N2CCCC[C@@H]2c2cc(C(N)=O)n[nH]2)c1=O. The van der Waals surface area contributed by atoms with E-state index in [-0.39, 0.29) is 28.8 Å². The number of pyridine rings is 1. The molecule has 1 saturated heterocycles. The van der Waals surface area contributed by atoms with Crippen molar-refractivity contribution < 1.29 is 9.59 Å². The Balaban J connectivity index is 1.94. The average molecular weight is 329 g/mol. The highest BCUT2D eigenvalue weighted by Gasteiger charge is 2.31. The standard InChI is InChI=1S/C16H19N5O3/c1-20-7-4-5-10(15(20)23)16(24)21-8-3-2-6-13(21)11-9-12(14(17)22)19-18-11/h4-5,7,9,13H,2-3,6,8H2,1H3,(H2,17,22)(H,18,19)/t13-/m1/s1. The molecule has 126 valence electrons. The minimum Gasteiger partial charge on any atom is -0.364 e. The zero-order chi connectivity index (χ0) is 17.3. The van der Waals surface area contributed by atoms with Crippen molar-refractivity contribution in [2.75, 3.05) is 6.54 Å². The number of H-pyrrole nitrogens is 1. The summed E-state index contributed by atoms with van der Waals surface area (Å²) in [5.74, 6) is -0.931. The first-order valence-corrected chi connectivity index (χ1v) is 7.80. The van der Waals surface area contributed by atoms with Crippen molar-refractivity contribution in [3.63, 3.8) is 0 Å². The molecule has 3 heterocycles. The predicted octanol–water partition coefficient (Wildman–Crippen LogP) is 0.575. The second kappa shape index (κ2) is 6.31. The van der Waals surface area contributed by atoms with Crippen LogP contribution in [0.2, 0.25) is 0 Å². The molecule has 0 bridgehead atoms. The van der Waals surface area contributed by atoms with Gasteiger partial charge in [0.05, 0.1) is 11.7 Å². The third-order valence-electron chi connectivity index (χ3n) is 4.33. The van der Waals surface area contributed by atoms with E-state index >= 15 is 0 Å². The van der Waals surface area contributed by atoms with E-state index in [0.717, 1.165) is 19.3 Å². The second-order valence-electron chi connectivity index (χ2n) is 5.92. The van der Waals surface area contributed by atoms with Gasteiger partial charge < -0.3 is 15.2 Å². The summed E-state index contributed by atoms with van der Waals surface area (Å²) in [6, 6.07) is 4.53. The van der Waals surface area contributed by atoms with Crippen molar-refractivity contribution >= 4 is 11.8 Å². The molecule has 0 aromatic carbocycles. The molecule has 0 aliphatic carbocycles. The fourth-order valence-corrected chi connectivity index (χ4v) is 3.05. The molecule has 0 spiro atoms. The number of hydrogen-bond acceptors (Lipinski definition) is 4. The van der Waals surface area contributed by atoms with E-state index in [1.807, 2.05) is 0 Å². The molecule has 24 heavy (non-hydrogen) atoms. The summed E-state index contributed by atoms with van der Waals surface area (Å²) in [5.41, 5.74) is 5.84. The van der Waals surface area contributed by atoms with Gasteiger partial charge in [0, 0.05) is 19.8 Å². The fourth-order valence-electron chi connectivity index (χ4n) is 3.05. The minimum atomic E-state index is -0.622. The fraction of sp³-hybridized carbons (Fsp3) is 0.375. The molecule has 1 aliphatic rings. The van der Waals surface area contributed by atoms with Crippen LogP contribution >= 0.6 is 0 Å². The van der Waals surface area contributed by atoms with E-state index in [4.69, 9.17) is 5.73 Å². The zero-order valence-corrected chi connectivity index (χ0v) is 13.4. The number of rotatable bonds is 3. The molecule has 3 N–H and O–H groups in total. The van der Waals surface area contributed by atoms with Crippen LogP contribution in [-0.4, -0.2) is 38.0 Å². The number of aryl methyl sites for hydroxylation is 1. The van der Waals surface area contributed by atoms with Crippen molar-refractivity contribution in [2.24, 2.45) is 12.8 Å². The van der Waals surface area contributed by atoms with Crippen molar-refractivity contribution in [3.05, 3.63) is 51.7 Å². The maximum atomic E-state index is 12.9. The van der Waals surface area contributed by atoms with Crippen LogP contribution in [0.1, 0.15) is 51.8 Å². The quantitative estimate of drug-likeness (QED) is 0.857. The number of hydrogen-bond donors (Lipinski definition) is 2. The Kier molecular flexibility index (Phi) is 4.20. The Morgan fingerprint density at radius 3 is 2.88 bits per heavy atom. The Labute approximate surface area is 138 Å². The van der Waals surface area contributed by atoms with Crippen LogP contribution in [0.25, 0.3) is 0 Å². The summed E-state index contributed by atoms with van der Waals surface area (Å²) < 4.78 is 1.38. The van der Waals surface area contributed by atoms with Crippen LogP contribution in [0.5, 0.6) is 0 Å². The van der Waals surface area contributed by atoms with Gasteiger partial charge in [-0.3, -0.25) is 19.5 Å². The third kappa shape index (κ3) is 2.82. The summed E-state index contributed by atoms with van der Waals surface area (Å²) in [5, 5.41) is 6.68. The van der Waals surface area contributed by atoms with Crippen molar-refractivity contribution in [2.45, 2.75) is 25.3 Å². The highest BCUT2D eigenvalue weighted by molar-refractivity contribution is 5.94. The number of nitrogens with one attached hydrogen (secondary N) is 1. The minimum absolute atomic E-state index is 0.138. The molecule has 0 saturated carbocycles. The number of primary amides is 1. The maximum absolute atomic E-state index is 12.9. The van der Waals surface area contributed by atoms with E-state index in [0.29, 0.717) is 12.2 Å². The first-order chi connectivity index (χ1) is 11.5. The average Bonchev–Trinajstić information content (AvgIpc) is 3.07. The lowest BCUT2D eigenvalue weighted by molar-refractivity contribution is 0.0603. The molecule has 3 rings (SSSR count). The number of nitrogens with two attached hydrogens (primary N) is 1. The number of carbonyl (C=O) groups is 2. The monoisotopic (exact) mass is 329 g/mol. The van der Waals surface area contributed by atoms with E-state index in [9.17, 15) is 14.4 Å². The van der Waals surface area contributed by atoms with E-state index < -0.39 is 5.91 Å². The summed E-state index contributed by atoms with van der Waals surface area (Å²) in [7, 11) is 1.61. The van der Waals surface area contributed by atoms with Gasteiger partial charge in [-0.25, -0.2) is 0 Å². The first-order valence-electron chi connectivity index (χ1n) is 7.80. The molecule has 8 heteroatoms. The van der Waals surface area contributed by atoms with Crippen LogP contribution in [0.15, 0.2) is 29.2 Å². The number of amides is 2. The number of likely N-dealkylation sites (tertiary alicyclic amines) is 1. The summed E-state index contributed by atoms with van der Waals surface area (Å²) in [6.07, 6.45) is 4.17. The summed E-state index contributed by atoms with van der Waals surface area (Å²) in [4.78, 5) is 38.0. The lowest BCUT2D eigenvalue weighted by atomic mass is 9.98. The topological polar surface area (TPSA) is 114 Å². The van der Waals surface area contributed by atoms with Gasteiger partial charge in [0.15, 0.2) is 0 Å². The molecule has 1 aliphatic heterocycles. The Morgan fingerprint density at radius 2 is 2.17 bits per heavy atom. The van der Waals surface area contributed by atoms with Crippen molar-refractivity contribution in [1.82, 2.24) is 19.7 Å². The van der Waals surface area contributed by atoms with Gasteiger partial charge in [0.2, 0.25) is 0 Å². The molecule has 0 radical (unpaired) electrons. The first kappa shape index (κ1) is 16.0. The van der Waals surface area contributed by atoms with Crippen LogP contribution < -0.4 is 11.3 Å². The van der Waals surface area contributed by atoms with E-state index in [1.165, 1.54) is 10.6 Å². The Bertz CT molecular complexity index is 838. The van der Waals surface area contributed by atoms with Crippen molar-refractivity contribution in [3.8, 4) is 0 Å². The summed E-state index contributed by atoms with van der Waals surface area (Å²) >= 11 is 0. The molecule has 2 amide bonds. The second-order valence-corrected chi connectivity index (χ2v) is 5.92. The molecule has 1 atom stereocenters. The van der Waals surface area contributed by atoms with Gasteiger partial charge in [0.1, 0.15) is 11.3 Å². The number of piperidine rings is 1. The normalized spacial score (nSPS) is 17.7. The number of aromatic amines is 1.